The minimum Gasteiger partial charge on any atom is -0.485 e. The fourth-order valence-corrected chi connectivity index (χ4v) is 3.92. The van der Waals surface area contributed by atoms with Crippen LogP contribution < -0.4 is 4.74 Å². The Bertz CT molecular complexity index is 990. The van der Waals surface area contributed by atoms with Crippen LogP contribution in [0.3, 0.4) is 0 Å². The molecule has 0 N–H and O–H groups in total. The molecule has 0 saturated carbocycles. The van der Waals surface area contributed by atoms with Crippen molar-refractivity contribution in [1.29, 1.82) is 0 Å². The van der Waals surface area contributed by atoms with E-state index in [1.807, 2.05) is 30.5 Å². The number of aromatic nitrogens is 3. The van der Waals surface area contributed by atoms with E-state index >= 15 is 0 Å². The Labute approximate surface area is 173 Å². The molecule has 1 aromatic heterocycles. The SMILES string of the molecule is C=CCn1c(COc2cc(C)ccc2C)nnc1SCc1ccc(F)cc1Cl. The second-order valence-electron chi connectivity index (χ2n) is 6.38. The van der Waals surface area contributed by atoms with Crippen LogP contribution in [-0.4, -0.2) is 14.8 Å². The van der Waals surface area contributed by atoms with Crippen molar-refractivity contribution in [2.24, 2.45) is 0 Å². The fourth-order valence-electron chi connectivity index (χ4n) is 2.63. The average molecular weight is 418 g/mol. The summed E-state index contributed by atoms with van der Waals surface area (Å²) in [6, 6.07) is 10.5. The van der Waals surface area contributed by atoms with Gasteiger partial charge in [-0.2, -0.15) is 0 Å². The van der Waals surface area contributed by atoms with Gasteiger partial charge in [-0.05, 0) is 48.7 Å². The van der Waals surface area contributed by atoms with Crippen LogP contribution in [0, 0.1) is 19.7 Å². The van der Waals surface area contributed by atoms with E-state index in [0.29, 0.717) is 29.8 Å². The van der Waals surface area contributed by atoms with Crippen molar-refractivity contribution >= 4 is 23.4 Å². The number of ether oxygens (including phenoxy) is 1. The summed E-state index contributed by atoms with van der Waals surface area (Å²) in [5.41, 5.74) is 3.05. The second kappa shape index (κ2) is 9.26. The molecule has 28 heavy (non-hydrogen) atoms. The Morgan fingerprint density at radius 3 is 2.79 bits per heavy atom. The van der Waals surface area contributed by atoms with Crippen molar-refractivity contribution in [2.75, 3.05) is 0 Å². The highest BCUT2D eigenvalue weighted by atomic mass is 35.5. The minimum atomic E-state index is -0.348. The van der Waals surface area contributed by atoms with Crippen molar-refractivity contribution in [3.8, 4) is 5.75 Å². The normalized spacial score (nSPS) is 10.9. The molecule has 3 rings (SSSR count). The Balaban J connectivity index is 1.73. The van der Waals surface area contributed by atoms with E-state index in [2.05, 4.69) is 22.8 Å². The first-order chi connectivity index (χ1) is 13.5. The topological polar surface area (TPSA) is 39.9 Å². The number of benzene rings is 2. The van der Waals surface area contributed by atoms with Crippen molar-refractivity contribution in [1.82, 2.24) is 14.8 Å². The van der Waals surface area contributed by atoms with Gasteiger partial charge >= 0.3 is 0 Å². The van der Waals surface area contributed by atoms with Crippen LogP contribution in [0.2, 0.25) is 5.02 Å². The number of allylic oxidation sites excluding steroid dienone is 1. The third-order valence-electron chi connectivity index (χ3n) is 4.18. The minimum absolute atomic E-state index is 0.309. The van der Waals surface area contributed by atoms with Crippen molar-refractivity contribution in [2.45, 2.75) is 37.9 Å². The number of hydrogen-bond donors (Lipinski definition) is 0. The Hall–Kier alpha value is -2.31. The van der Waals surface area contributed by atoms with Gasteiger partial charge in [-0.25, -0.2) is 4.39 Å². The van der Waals surface area contributed by atoms with Gasteiger partial charge in [0.05, 0.1) is 0 Å². The summed E-state index contributed by atoms with van der Waals surface area (Å²) in [7, 11) is 0. The van der Waals surface area contributed by atoms with E-state index in [1.54, 1.807) is 12.1 Å². The molecule has 4 nitrogen and oxygen atoms in total. The molecule has 0 aliphatic heterocycles. The van der Waals surface area contributed by atoms with E-state index in [0.717, 1.165) is 27.6 Å². The lowest BCUT2D eigenvalue weighted by Gasteiger charge is -2.11. The molecule has 3 aromatic rings. The molecule has 0 aliphatic rings. The van der Waals surface area contributed by atoms with Crippen LogP contribution in [-0.2, 0) is 18.9 Å². The van der Waals surface area contributed by atoms with Crippen molar-refractivity contribution < 1.29 is 9.13 Å². The molecule has 146 valence electrons. The van der Waals surface area contributed by atoms with E-state index in [1.165, 1.54) is 23.9 Å². The van der Waals surface area contributed by atoms with Gasteiger partial charge in [0.2, 0.25) is 0 Å². The van der Waals surface area contributed by atoms with Gasteiger partial charge in [0, 0.05) is 17.3 Å². The molecule has 0 atom stereocenters. The summed E-state index contributed by atoms with van der Waals surface area (Å²) < 4.78 is 21.1. The molecule has 0 unspecified atom stereocenters. The smallest absolute Gasteiger partial charge is 0.191 e. The summed E-state index contributed by atoms with van der Waals surface area (Å²) in [4.78, 5) is 0. The zero-order chi connectivity index (χ0) is 20.1. The maximum Gasteiger partial charge on any atom is 0.191 e. The number of aryl methyl sites for hydroxylation is 2. The van der Waals surface area contributed by atoms with E-state index < -0.39 is 0 Å². The molecule has 7 heteroatoms. The van der Waals surface area contributed by atoms with Crippen LogP contribution in [0.15, 0.2) is 54.2 Å². The molecular weight excluding hydrogens is 397 g/mol. The monoisotopic (exact) mass is 417 g/mol. The van der Waals surface area contributed by atoms with Crippen molar-refractivity contribution in [3.05, 3.63) is 82.4 Å². The van der Waals surface area contributed by atoms with Crippen LogP contribution in [0.1, 0.15) is 22.5 Å². The predicted molar refractivity (Wildman–Crippen MR) is 111 cm³/mol. The standard InChI is InChI=1S/C21H21ClFN3OS/c1-4-9-26-20(12-27-19-10-14(2)5-6-15(19)3)24-25-21(26)28-13-16-7-8-17(23)11-18(16)22/h4-8,10-11H,1,9,12-13H2,2-3H3. The number of nitrogens with zero attached hydrogens (tertiary/aromatic N) is 3. The van der Waals surface area contributed by atoms with Gasteiger partial charge in [0.15, 0.2) is 11.0 Å². The second-order valence-corrected chi connectivity index (χ2v) is 7.73. The summed E-state index contributed by atoms with van der Waals surface area (Å²) in [5.74, 6) is 1.76. The fraction of sp³-hybridized carbons (Fsp3) is 0.238. The predicted octanol–water partition coefficient (Wildman–Crippen LogP) is 5.74. The highest BCUT2D eigenvalue weighted by molar-refractivity contribution is 7.98. The molecule has 0 radical (unpaired) electrons. The van der Waals surface area contributed by atoms with Gasteiger partial charge in [0.1, 0.15) is 18.2 Å². The molecular formula is C21H21ClFN3OS. The Morgan fingerprint density at radius 2 is 2.04 bits per heavy atom. The summed E-state index contributed by atoms with van der Waals surface area (Å²) >= 11 is 7.60. The maximum absolute atomic E-state index is 13.2. The first-order valence-corrected chi connectivity index (χ1v) is 10.1. The lowest BCUT2D eigenvalue weighted by molar-refractivity contribution is 0.287. The maximum atomic E-state index is 13.2. The molecule has 1 heterocycles. The molecule has 0 aliphatic carbocycles. The van der Waals surface area contributed by atoms with Crippen LogP contribution in [0.4, 0.5) is 4.39 Å². The van der Waals surface area contributed by atoms with E-state index in [-0.39, 0.29) is 5.82 Å². The molecule has 0 saturated heterocycles. The summed E-state index contributed by atoms with van der Waals surface area (Å²) in [5, 5.41) is 9.70. The highest BCUT2D eigenvalue weighted by Crippen LogP contribution is 2.27. The first-order valence-electron chi connectivity index (χ1n) is 8.77. The zero-order valence-electron chi connectivity index (χ0n) is 15.8. The Kier molecular flexibility index (Phi) is 6.75. The van der Waals surface area contributed by atoms with Gasteiger partial charge in [0.25, 0.3) is 0 Å². The summed E-state index contributed by atoms with van der Waals surface area (Å²) in [6.45, 7) is 8.73. The van der Waals surface area contributed by atoms with Gasteiger partial charge in [-0.15, -0.1) is 16.8 Å². The summed E-state index contributed by atoms with van der Waals surface area (Å²) in [6.07, 6.45) is 1.79. The van der Waals surface area contributed by atoms with E-state index in [4.69, 9.17) is 16.3 Å². The van der Waals surface area contributed by atoms with Gasteiger partial charge in [-0.1, -0.05) is 47.6 Å². The number of thioether (sulfide) groups is 1. The quantitative estimate of drug-likeness (QED) is 0.346. The molecule has 0 bridgehead atoms. The van der Waals surface area contributed by atoms with Gasteiger partial charge < -0.3 is 4.74 Å². The number of hydrogen-bond acceptors (Lipinski definition) is 4. The largest absolute Gasteiger partial charge is 0.485 e. The average Bonchev–Trinajstić information content (AvgIpc) is 3.04. The lowest BCUT2D eigenvalue weighted by Crippen LogP contribution is -2.08. The van der Waals surface area contributed by atoms with E-state index in [9.17, 15) is 4.39 Å². The molecule has 0 spiro atoms. The van der Waals surface area contributed by atoms with Gasteiger partial charge in [-0.3, -0.25) is 4.57 Å². The van der Waals surface area contributed by atoms with Crippen LogP contribution in [0.25, 0.3) is 0 Å². The van der Waals surface area contributed by atoms with Crippen molar-refractivity contribution in [3.63, 3.8) is 0 Å². The molecule has 0 fully saturated rings. The van der Waals surface area contributed by atoms with Crippen LogP contribution >= 0.6 is 23.4 Å². The zero-order valence-corrected chi connectivity index (χ0v) is 17.4. The Morgan fingerprint density at radius 1 is 1.21 bits per heavy atom. The first kappa shape index (κ1) is 20.4. The number of rotatable bonds is 8. The van der Waals surface area contributed by atoms with Crippen LogP contribution in [0.5, 0.6) is 5.75 Å². The highest BCUT2D eigenvalue weighted by Gasteiger charge is 2.14. The molecule has 2 aromatic carbocycles. The third kappa shape index (κ3) is 4.94. The molecule has 0 amide bonds. The third-order valence-corrected chi connectivity index (χ3v) is 5.54. The lowest BCUT2D eigenvalue weighted by atomic mass is 10.1. The number of halogens is 2.